The number of nitrogens with two attached hydrogens (primary N) is 1. The molecular formula is C19H26N6O. The van der Waals surface area contributed by atoms with Crippen LogP contribution in [-0.4, -0.2) is 52.5 Å². The van der Waals surface area contributed by atoms with Crippen molar-refractivity contribution in [2.24, 2.45) is 0 Å². The molecule has 26 heavy (non-hydrogen) atoms. The monoisotopic (exact) mass is 354 g/mol. The highest BCUT2D eigenvalue weighted by Gasteiger charge is 2.26. The van der Waals surface area contributed by atoms with Crippen molar-refractivity contribution in [2.75, 3.05) is 32.9 Å². The van der Waals surface area contributed by atoms with Crippen LogP contribution in [0.2, 0.25) is 0 Å². The second-order valence-electron chi connectivity index (χ2n) is 6.90. The third kappa shape index (κ3) is 3.22. The molecule has 0 aliphatic carbocycles. The molecule has 0 saturated carbocycles. The Balaban J connectivity index is 2.25. The van der Waals surface area contributed by atoms with Crippen LogP contribution in [0.15, 0.2) is 25.1 Å². The molecule has 0 amide bonds. The van der Waals surface area contributed by atoms with Crippen LogP contribution >= 0.6 is 0 Å². The molecule has 1 aliphatic heterocycles. The summed E-state index contributed by atoms with van der Waals surface area (Å²) >= 11 is 0. The summed E-state index contributed by atoms with van der Waals surface area (Å²) in [6.45, 7) is 7.23. The van der Waals surface area contributed by atoms with Crippen molar-refractivity contribution in [3.8, 4) is 0 Å². The van der Waals surface area contributed by atoms with E-state index in [4.69, 9.17) is 10.7 Å². The van der Waals surface area contributed by atoms with Gasteiger partial charge in [0, 0.05) is 43.9 Å². The van der Waals surface area contributed by atoms with Gasteiger partial charge in [0.15, 0.2) is 11.4 Å². The smallest absolute Gasteiger partial charge is 0.165 e. The van der Waals surface area contributed by atoms with E-state index in [0.717, 1.165) is 42.8 Å². The van der Waals surface area contributed by atoms with Gasteiger partial charge >= 0.3 is 0 Å². The van der Waals surface area contributed by atoms with Crippen molar-refractivity contribution < 1.29 is 4.79 Å². The highest BCUT2D eigenvalue weighted by atomic mass is 16.1. The molecule has 3 rings (SSSR count). The van der Waals surface area contributed by atoms with Gasteiger partial charge in [-0.05, 0) is 26.3 Å². The Morgan fingerprint density at radius 2 is 2.27 bits per heavy atom. The molecule has 3 N–H and O–H groups in total. The van der Waals surface area contributed by atoms with Crippen LogP contribution in [0.3, 0.4) is 0 Å². The first-order valence-electron chi connectivity index (χ1n) is 8.83. The maximum absolute atomic E-state index is 12.3. The lowest BCUT2D eigenvalue weighted by atomic mass is 9.91. The quantitative estimate of drug-likeness (QED) is 0.631. The van der Waals surface area contributed by atoms with E-state index in [1.807, 2.05) is 25.2 Å². The number of allylic oxidation sites excluding steroid dienone is 2. The number of anilines is 1. The van der Waals surface area contributed by atoms with Crippen LogP contribution in [0.25, 0.3) is 11.2 Å². The zero-order valence-electron chi connectivity index (χ0n) is 15.6. The summed E-state index contributed by atoms with van der Waals surface area (Å²) in [6, 6.07) is 0. The van der Waals surface area contributed by atoms with Gasteiger partial charge in [-0.1, -0.05) is 12.7 Å². The summed E-state index contributed by atoms with van der Waals surface area (Å²) in [4.78, 5) is 19.1. The number of rotatable bonds is 5. The van der Waals surface area contributed by atoms with Crippen LogP contribution in [-0.2, 0) is 0 Å². The molecule has 0 aromatic carbocycles. The Kier molecular flexibility index (Phi) is 5.08. The molecule has 1 unspecified atom stereocenters. The molecule has 0 bridgehead atoms. The van der Waals surface area contributed by atoms with Crippen molar-refractivity contribution in [1.29, 1.82) is 0 Å². The van der Waals surface area contributed by atoms with Gasteiger partial charge in [-0.15, -0.1) is 0 Å². The predicted molar refractivity (Wildman–Crippen MR) is 104 cm³/mol. The molecule has 138 valence electrons. The number of aromatic nitrogens is 3. The van der Waals surface area contributed by atoms with E-state index in [-0.39, 0.29) is 11.7 Å². The van der Waals surface area contributed by atoms with Crippen molar-refractivity contribution >= 4 is 22.8 Å². The Hall–Kier alpha value is -2.67. The second kappa shape index (κ2) is 7.29. The molecule has 0 spiro atoms. The van der Waals surface area contributed by atoms with Gasteiger partial charge in [-0.2, -0.15) is 9.61 Å². The standard InChI is InChI=1S/C19H26N6O/c1-5-13(11-24(3)4)15-10-22-25-18(20)16(12(2)26)17(23-19(15)25)14-7-6-8-21-9-14/h5,10-11,14,21H,1,6-9,20H2,2-4H3/b13-11+. The zero-order chi connectivity index (χ0) is 18.8. The predicted octanol–water partition coefficient (Wildman–Crippen LogP) is 2.07. The van der Waals surface area contributed by atoms with E-state index in [1.165, 1.54) is 6.92 Å². The van der Waals surface area contributed by atoms with Crippen LogP contribution in [0.1, 0.15) is 47.3 Å². The number of hydrogen-bond acceptors (Lipinski definition) is 6. The maximum Gasteiger partial charge on any atom is 0.165 e. The lowest BCUT2D eigenvalue weighted by Crippen LogP contribution is -2.30. The average Bonchev–Trinajstić information content (AvgIpc) is 3.04. The first kappa shape index (κ1) is 18.1. The van der Waals surface area contributed by atoms with Gasteiger partial charge in [0.2, 0.25) is 0 Å². The minimum Gasteiger partial charge on any atom is -0.383 e. The topological polar surface area (TPSA) is 88.5 Å². The highest BCUT2D eigenvalue weighted by molar-refractivity contribution is 6.00. The minimum atomic E-state index is -0.0812. The van der Waals surface area contributed by atoms with Gasteiger partial charge in [-0.3, -0.25) is 4.79 Å². The zero-order valence-corrected chi connectivity index (χ0v) is 15.6. The number of nitrogen functional groups attached to an aromatic ring is 1. The van der Waals surface area contributed by atoms with Gasteiger partial charge < -0.3 is 16.0 Å². The maximum atomic E-state index is 12.3. The molecule has 0 radical (unpaired) electrons. The third-order valence-electron chi connectivity index (χ3n) is 4.67. The van der Waals surface area contributed by atoms with Crippen molar-refractivity contribution in [2.45, 2.75) is 25.7 Å². The van der Waals surface area contributed by atoms with E-state index in [0.29, 0.717) is 17.0 Å². The van der Waals surface area contributed by atoms with E-state index in [1.54, 1.807) is 16.8 Å². The lowest BCUT2D eigenvalue weighted by molar-refractivity contribution is 0.101. The van der Waals surface area contributed by atoms with E-state index in [9.17, 15) is 4.79 Å². The van der Waals surface area contributed by atoms with E-state index in [2.05, 4.69) is 17.0 Å². The summed E-state index contributed by atoms with van der Waals surface area (Å²) < 4.78 is 1.55. The molecule has 1 saturated heterocycles. The Morgan fingerprint density at radius 1 is 1.50 bits per heavy atom. The Bertz CT molecular complexity index is 874. The molecule has 1 aliphatic rings. The largest absolute Gasteiger partial charge is 0.383 e. The van der Waals surface area contributed by atoms with Crippen molar-refractivity contribution in [3.05, 3.63) is 41.9 Å². The second-order valence-corrected chi connectivity index (χ2v) is 6.90. The summed E-state index contributed by atoms with van der Waals surface area (Å²) in [5, 5.41) is 7.76. The number of piperidine rings is 1. The normalized spacial score (nSPS) is 18.1. The fourth-order valence-electron chi connectivity index (χ4n) is 3.49. The summed E-state index contributed by atoms with van der Waals surface area (Å²) in [5.41, 5.74) is 10.0. The first-order chi connectivity index (χ1) is 12.4. The van der Waals surface area contributed by atoms with Crippen LogP contribution in [0.4, 0.5) is 5.82 Å². The molecular weight excluding hydrogens is 328 g/mol. The number of fused-ring (bicyclic) bond motifs is 1. The summed E-state index contributed by atoms with van der Waals surface area (Å²) in [6.07, 6.45) is 7.50. The Morgan fingerprint density at radius 3 is 2.85 bits per heavy atom. The molecule has 7 nitrogen and oxygen atoms in total. The minimum absolute atomic E-state index is 0.0812. The average molecular weight is 354 g/mol. The third-order valence-corrected chi connectivity index (χ3v) is 4.67. The lowest BCUT2D eigenvalue weighted by Gasteiger charge is -2.24. The van der Waals surface area contributed by atoms with Gasteiger partial charge in [0.05, 0.1) is 17.5 Å². The summed E-state index contributed by atoms with van der Waals surface area (Å²) in [5.74, 6) is 0.438. The van der Waals surface area contributed by atoms with E-state index < -0.39 is 0 Å². The molecule has 7 heteroatoms. The number of Topliss-reactive ketones (excluding diaryl/α,β-unsaturated/α-hetero) is 1. The van der Waals surface area contributed by atoms with E-state index >= 15 is 0 Å². The summed E-state index contributed by atoms with van der Waals surface area (Å²) in [7, 11) is 3.90. The number of carbonyl (C=O) groups is 1. The van der Waals surface area contributed by atoms with Crippen LogP contribution in [0.5, 0.6) is 0 Å². The molecule has 2 aromatic rings. The number of hydrogen-bond donors (Lipinski definition) is 2. The van der Waals surface area contributed by atoms with Gasteiger partial charge in [0.1, 0.15) is 5.82 Å². The number of nitrogens with zero attached hydrogens (tertiary/aromatic N) is 4. The molecule has 1 atom stereocenters. The fraction of sp³-hybridized carbons (Fsp3) is 0.421. The number of nitrogens with one attached hydrogen (secondary N) is 1. The van der Waals surface area contributed by atoms with Crippen LogP contribution < -0.4 is 11.1 Å². The SMILES string of the molecule is C=C/C(=C\N(C)C)c1cnn2c(N)c(C(C)=O)c(C3CCCNC3)nc12. The first-order valence-corrected chi connectivity index (χ1v) is 8.83. The highest BCUT2D eigenvalue weighted by Crippen LogP contribution is 2.31. The molecule has 1 fully saturated rings. The van der Waals surface area contributed by atoms with Crippen molar-refractivity contribution in [3.63, 3.8) is 0 Å². The number of ketones is 1. The molecule has 3 heterocycles. The van der Waals surface area contributed by atoms with Crippen molar-refractivity contribution in [1.82, 2.24) is 24.8 Å². The molecule has 2 aromatic heterocycles. The van der Waals surface area contributed by atoms with Crippen LogP contribution in [0, 0.1) is 0 Å². The fourth-order valence-corrected chi connectivity index (χ4v) is 3.49. The van der Waals surface area contributed by atoms with Gasteiger partial charge in [-0.25, -0.2) is 4.98 Å². The number of carbonyl (C=O) groups excluding carboxylic acids is 1. The van der Waals surface area contributed by atoms with Gasteiger partial charge in [0.25, 0.3) is 0 Å². The Labute approximate surface area is 153 Å².